The predicted molar refractivity (Wildman–Crippen MR) is 62.6 cm³/mol. The van der Waals surface area contributed by atoms with Crippen LogP contribution in [0.15, 0.2) is 34.9 Å². The molecule has 2 aromatic rings. The molecular formula is C13H13NO3. The van der Waals surface area contributed by atoms with E-state index in [0.29, 0.717) is 12.4 Å². The second-order valence-electron chi connectivity index (χ2n) is 3.57. The summed E-state index contributed by atoms with van der Waals surface area (Å²) in [6, 6.07) is 7.13. The average molecular weight is 231 g/mol. The summed E-state index contributed by atoms with van der Waals surface area (Å²) in [5.74, 6) is 0.377. The number of furan rings is 1. The molecule has 0 saturated carbocycles. The van der Waals surface area contributed by atoms with Crippen molar-refractivity contribution in [1.29, 1.82) is 0 Å². The number of carbonyl (C=O) groups is 1. The van der Waals surface area contributed by atoms with Gasteiger partial charge in [0.2, 0.25) is 5.76 Å². The highest BCUT2D eigenvalue weighted by molar-refractivity contribution is 5.87. The Labute approximate surface area is 99.2 Å². The Bertz CT molecular complexity index is 514. The molecule has 0 unspecified atom stereocenters. The first kappa shape index (κ1) is 11.4. The fourth-order valence-corrected chi connectivity index (χ4v) is 1.42. The van der Waals surface area contributed by atoms with Crippen LogP contribution in [0.1, 0.15) is 23.2 Å². The Morgan fingerprint density at radius 1 is 1.35 bits per heavy atom. The van der Waals surface area contributed by atoms with Crippen molar-refractivity contribution >= 4 is 5.97 Å². The first-order valence-electron chi connectivity index (χ1n) is 5.40. The minimum atomic E-state index is -0.446. The lowest BCUT2D eigenvalue weighted by molar-refractivity contribution is 0.0491. The molecule has 0 saturated heterocycles. The summed E-state index contributed by atoms with van der Waals surface area (Å²) in [5, 5.41) is 0. The molecule has 0 N–H and O–H groups in total. The number of pyridine rings is 1. The van der Waals surface area contributed by atoms with Crippen LogP contribution in [0.3, 0.4) is 0 Å². The number of aromatic nitrogens is 1. The average Bonchev–Trinajstić information content (AvgIpc) is 2.80. The van der Waals surface area contributed by atoms with Crippen molar-refractivity contribution in [1.82, 2.24) is 4.98 Å². The lowest BCUT2D eigenvalue weighted by atomic mass is 10.2. The molecule has 0 fully saturated rings. The summed E-state index contributed by atoms with van der Waals surface area (Å²) in [5.41, 5.74) is 1.78. The minimum Gasteiger partial charge on any atom is -0.460 e. The van der Waals surface area contributed by atoms with Crippen molar-refractivity contribution in [2.24, 2.45) is 0 Å². The Morgan fingerprint density at radius 3 is 2.82 bits per heavy atom. The molecule has 0 spiro atoms. The van der Waals surface area contributed by atoms with E-state index < -0.39 is 5.97 Å². The number of aryl methyl sites for hydroxylation is 1. The van der Waals surface area contributed by atoms with E-state index in [1.807, 2.05) is 19.1 Å². The van der Waals surface area contributed by atoms with Crippen LogP contribution in [0.5, 0.6) is 0 Å². The summed E-state index contributed by atoms with van der Waals surface area (Å²) in [6.45, 7) is 4.00. The van der Waals surface area contributed by atoms with Gasteiger partial charge in [-0.3, -0.25) is 4.98 Å². The minimum absolute atomic E-state index is 0.211. The van der Waals surface area contributed by atoms with Gasteiger partial charge in [0.25, 0.3) is 0 Å². The van der Waals surface area contributed by atoms with E-state index in [-0.39, 0.29) is 5.76 Å². The standard InChI is InChI=1S/C13H13NO3/c1-3-16-13(15)12-7-6-11(17-12)10-5-4-9(2)14-8-10/h4-8H,3H2,1-2H3. The number of hydrogen-bond acceptors (Lipinski definition) is 4. The zero-order valence-electron chi connectivity index (χ0n) is 9.77. The second-order valence-corrected chi connectivity index (χ2v) is 3.57. The first-order valence-corrected chi connectivity index (χ1v) is 5.40. The van der Waals surface area contributed by atoms with Crippen molar-refractivity contribution in [2.75, 3.05) is 6.61 Å². The van der Waals surface area contributed by atoms with Gasteiger partial charge < -0.3 is 9.15 Å². The lowest BCUT2D eigenvalue weighted by Gasteiger charge is -1.98. The van der Waals surface area contributed by atoms with E-state index in [0.717, 1.165) is 11.3 Å². The number of rotatable bonds is 3. The van der Waals surface area contributed by atoms with Crippen LogP contribution >= 0.6 is 0 Å². The summed E-state index contributed by atoms with van der Waals surface area (Å²) in [4.78, 5) is 15.6. The maximum Gasteiger partial charge on any atom is 0.374 e. The highest BCUT2D eigenvalue weighted by atomic mass is 16.5. The Kier molecular flexibility index (Phi) is 3.23. The van der Waals surface area contributed by atoms with Gasteiger partial charge in [-0.05, 0) is 38.1 Å². The highest BCUT2D eigenvalue weighted by Crippen LogP contribution is 2.21. The second kappa shape index (κ2) is 4.82. The number of ether oxygens (including phenoxy) is 1. The lowest BCUT2D eigenvalue weighted by Crippen LogP contribution is -2.02. The molecule has 2 rings (SSSR count). The van der Waals surface area contributed by atoms with Crippen LogP contribution in [-0.4, -0.2) is 17.6 Å². The van der Waals surface area contributed by atoms with Gasteiger partial charge in [0, 0.05) is 17.5 Å². The molecule has 4 nitrogen and oxygen atoms in total. The Balaban J connectivity index is 2.23. The van der Waals surface area contributed by atoms with Gasteiger partial charge in [0.15, 0.2) is 0 Å². The molecule has 2 heterocycles. The van der Waals surface area contributed by atoms with Crippen molar-refractivity contribution in [3.63, 3.8) is 0 Å². The number of nitrogens with zero attached hydrogens (tertiary/aromatic N) is 1. The molecule has 0 aliphatic rings. The quantitative estimate of drug-likeness (QED) is 0.762. The molecule has 4 heteroatoms. The Hall–Kier alpha value is -2.10. The molecule has 0 atom stereocenters. The third-order valence-electron chi connectivity index (χ3n) is 2.28. The summed E-state index contributed by atoms with van der Waals surface area (Å²) >= 11 is 0. The van der Waals surface area contributed by atoms with E-state index in [4.69, 9.17) is 9.15 Å². The smallest absolute Gasteiger partial charge is 0.374 e. The molecule has 0 aliphatic heterocycles. The zero-order chi connectivity index (χ0) is 12.3. The van der Waals surface area contributed by atoms with Gasteiger partial charge in [-0.2, -0.15) is 0 Å². The SMILES string of the molecule is CCOC(=O)c1ccc(-c2ccc(C)nc2)o1. The van der Waals surface area contributed by atoms with Crippen LogP contribution in [-0.2, 0) is 4.74 Å². The zero-order valence-corrected chi connectivity index (χ0v) is 9.77. The van der Waals surface area contributed by atoms with Crippen LogP contribution in [0.4, 0.5) is 0 Å². The summed E-state index contributed by atoms with van der Waals surface area (Å²) < 4.78 is 10.3. The molecule has 88 valence electrons. The molecule has 0 aromatic carbocycles. The third kappa shape index (κ3) is 2.53. The molecule has 17 heavy (non-hydrogen) atoms. The molecule has 0 bridgehead atoms. The van der Waals surface area contributed by atoms with Crippen LogP contribution in [0.25, 0.3) is 11.3 Å². The van der Waals surface area contributed by atoms with Crippen molar-refractivity contribution in [3.8, 4) is 11.3 Å². The first-order chi connectivity index (χ1) is 8.20. The van der Waals surface area contributed by atoms with Gasteiger partial charge in [-0.15, -0.1) is 0 Å². The van der Waals surface area contributed by atoms with Gasteiger partial charge in [-0.25, -0.2) is 4.79 Å². The fourth-order valence-electron chi connectivity index (χ4n) is 1.42. The molecule has 0 radical (unpaired) electrons. The van der Waals surface area contributed by atoms with Crippen molar-refractivity contribution in [3.05, 3.63) is 41.9 Å². The molecule has 0 aliphatic carbocycles. The summed E-state index contributed by atoms with van der Waals surface area (Å²) in [6.07, 6.45) is 1.71. The Morgan fingerprint density at radius 2 is 2.18 bits per heavy atom. The van der Waals surface area contributed by atoms with Gasteiger partial charge in [0.1, 0.15) is 5.76 Å². The largest absolute Gasteiger partial charge is 0.460 e. The van der Waals surface area contributed by atoms with E-state index in [1.165, 1.54) is 0 Å². The van der Waals surface area contributed by atoms with Gasteiger partial charge in [-0.1, -0.05) is 0 Å². The van der Waals surface area contributed by atoms with Crippen molar-refractivity contribution < 1.29 is 13.9 Å². The van der Waals surface area contributed by atoms with Crippen LogP contribution in [0.2, 0.25) is 0 Å². The maximum absolute atomic E-state index is 11.4. The van der Waals surface area contributed by atoms with Crippen molar-refractivity contribution in [2.45, 2.75) is 13.8 Å². The molecular weight excluding hydrogens is 218 g/mol. The normalized spacial score (nSPS) is 10.2. The predicted octanol–water partition coefficient (Wildman–Crippen LogP) is 2.83. The number of carbonyl (C=O) groups excluding carboxylic acids is 1. The third-order valence-corrected chi connectivity index (χ3v) is 2.28. The van der Waals surface area contributed by atoms with Gasteiger partial charge in [0.05, 0.1) is 6.61 Å². The monoisotopic (exact) mass is 231 g/mol. The van der Waals surface area contributed by atoms with Crippen LogP contribution in [0, 0.1) is 6.92 Å². The van der Waals surface area contributed by atoms with Crippen LogP contribution < -0.4 is 0 Å². The molecule has 0 amide bonds. The van der Waals surface area contributed by atoms with Gasteiger partial charge >= 0.3 is 5.97 Å². The van der Waals surface area contributed by atoms with E-state index in [9.17, 15) is 4.79 Å². The number of hydrogen-bond donors (Lipinski definition) is 0. The summed E-state index contributed by atoms with van der Waals surface area (Å²) in [7, 11) is 0. The van der Waals surface area contributed by atoms with E-state index in [2.05, 4.69) is 4.98 Å². The topological polar surface area (TPSA) is 52.3 Å². The number of esters is 1. The fraction of sp³-hybridized carbons (Fsp3) is 0.231. The van der Waals surface area contributed by atoms with E-state index in [1.54, 1.807) is 25.3 Å². The maximum atomic E-state index is 11.4. The van der Waals surface area contributed by atoms with E-state index >= 15 is 0 Å². The highest BCUT2D eigenvalue weighted by Gasteiger charge is 2.12. The molecule has 2 aromatic heterocycles.